The number of hydrogen-bond donors (Lipinski definition) is 0. The van der Waals surface area contributed by atoms with Crippen molar-refractivity contribution in [2.45, 2.75) is 12.5 Å². The molecule has 0 N–H and O–H groups in total. The average Bonchev–Trinajstić information content (AvgIpc) is 2.29. The van der Waals surface area contributed by atoms with Gasteiger partial charge in [-0.1, -0.05) is 41.4 Å². The van der Waals surface area contributed by atoms with Crippen LogP contribution in [0.2, 0.25) is 10.0 Å². The maximum atomic E-state index is 11.1. The predicted molar refractivity (Wildman–Crippen MR) is 72.5 cm³/mol. The standard InChI is InChI=1S/C12H11Cl3O3/c1-7(2)12(16)17-6-11(15)18-10-4-3-8(13)5-9(10)14/h3-5,11H,1,6H2,2H3. The number of carbonyl (C=O) groups excluding carboxylic acids is 1. The van der Waals surface area contributed by atoms with Crippen molar-refractivity contribution in [2.75, 3.05) is 6.61 Å². The second-order valence-corrected chi connectivity index (χ2v) is 4.81. The lowest BCUT2D eigenvalue weighted by molar-refractivity contribution is -0.140. The molecule has 1 unspecified atom stereocenters. The van der Waals surface area contributed by atoms with E-state index in [0.717, 1.165) is 0 Å². The fraction of sp³-hybridized carbons (Fsp3) is 0.250. The molecule has 6 heteroatoms. The van der Waals surface area contributed by atoms with E-state index in [1.807, 2.05) is 0 Å². The highest BCUT2D eigenvalue weighted by atomic mass is 35.5. The van der Waals surface area contributed by atoms with E-state index in [2.05, 4.69) is 6.58 Å². The van der Waals surface area contributed by atoms with Crippen molar-refractivity contribution in [3.8, 4) is 5.75 Å². The lowest BCUT2D eigenvalue weighted by atomic mass is 10.3. The van der Waals surface area contributed by atoms with Crippen LogP contribution in [0.4, 0.5) is 0 Å². The van der Waals surface area contributed by atoms with Crippen molar-refractivity contribution < 1.29 is 14.3 Å². The summed E-state index contributed by atoms with van der Waals surface area (Å²) in [4.78, 5) is 11.1. The molecule has 1 atom stereocenters. The van der Waals surface area contributed by atoms with Gasteiger partial charge in [0.25, 0.3) is 0 Å². The molecule has 0 bridgehead atoms. The van der Waals surface area contributed by atoms with Crippen molar-refractivity contribution >= 4 is 40.8 Å². The zero-order valence-electron chi connectivity index (χ0n) is 9.58. The van der Waals surface area contributed by atoms with Crippen LogP contribution in [-0.4, -0.2) is 18.1 Å². The molecule has 0 amide bonds. The molecule has 0 heterocycles. The molecule has 0 saturated carbocycles. The van der Waals surface area contributed by atoms with Gasteiger partial charge in [-0.3, -0.25) is 0 Å². The number of carbonyl (C=O) groups is 1. The molecular weight excluding hydrogens is 298 g/mol. The molecule has 0 spiro atoms. The van der Waals surface area contributed by atoms with Crippen LogP contribution in [0.5, 0.6) is 5.75 Å². The summed E-state index contributed by atoms with van der Waals surface area (Å²) in [5, 5.41) is 0.826. The van der Waals surface area contributed by atoms with E-state index >= 15 is 0 Å². The zero-order chi connectivity index (χ0) is 13.7. The van der Waals surface area contributed by atoms with Crippen molar-refractivity contribution in [3.63, 3.8) is 0 Å². The molecule has 0 aliphatic rings. The smallest absolute Gasteiger partial charge is 0.333 e. The molecular formula is C12H11Cl3O3. The van der Waals surface area contributed by atoms with E-state index in [1.54, 1.807) is 19.1 Å². The minimum Gasteiger partial charge on any atom is -0.469 e. The Balaban J connectivity index is 2.52. The molecule has 1 aromatic rings. The van der Waals surface area contributed by atoms with Crippen LogP contribution in [0.25, 0.3) is 0 Å². The van der Waals surface area contributed by atoms with E-state index in [9.17, 15) is 4.79 Å². The van der Waals surface area contributed by atoms with Crippen molar-refractivity contribution in [1.29, 1.82) is 0 Å². The molecule has 0 aliphatic carbocycles. The largest absolute Gasteiger partial charge is 0.469 e. The molecule has 0 aromatic heterocycles. The predicted octanol–water partition coefficient (Wildman–Crippen LogP) is 4.06. The normalized spacial score (nSPS) is 11.8. The monoisotopic (exact) mass is 308 g/mol. The van der Waals surface area contributed by atoms with Crippen LogP contribution in [0.1, 0.15) is 6.92 Å². The molecule has 0 saturated heterocycles. The Labute approximate surface area is 120 Å². The number of hydrogen-bond acceptors (Lipinski definition) is 3. The fourth-order valence-corrected chi connectivity index (χ4v) is 1.62. The highest BCUT2D eigenvalue weighted by molar-refractivity contribution is 6.35. The summed E-state index contributed by atoms with van der Waals surface area (Å²) in [5.41, 5.74) is -0.546. The zero-order valence-corrected chi connectivity index (χ0v) is 11.9. The first-order valence-corrected chi connectivity index (χ1v) is 6.18. The number of rotatable bonds is 5. The van der Waals surface area contributed by atoms with Gasteiger partial charge in [-0.2, -0.15) is 0 Å². The highest BCUT2D eigenvalue weighted by Crippen LogP contribution is 2.28. The van der Waals surface area contributed by atoms with Crippen molar-refractivity contribution in [1.82, 2.24) is 0 Å². The van der Waals surface area contributed by atoms with Gasteiger partial charge in [0.1, 0.15) is 12.4 Å². The third-order valence-electron chi connectivity index (χ3n) is 1.84. The fourth-order valence-electron chi connectivity index (χ4n) is 1.01. The first-order valence-electron chi connectivity index (χ1n) is 4.98. The van der Waals surface area contributed by atoms with Crippen molar-refractivity contribution in [3.05, 3.63) is 40.4 Å². The maximum absolute atomic E-state index is 11.1. The number of halogens is 3. The Bertz CT molecular complexity index is 460. The minimum absolute atomic E-state index is 0.105. The van der Waals surface area contributed by atoms with Gasteiger partial charge in [0, 0.05) is 10.6 Å². The number of alkyl halides is 1. The van der Waals surface area contributed by atoms with Crippen LogP contribution in [0.15, 0.2) is 30.4 Å². The third kappa shape index (κ3) is 4.77. The summed E-state index contributed by atoms with van der Waals surface area (Å²) < 4.78 is 10.1. The number of benzene rings is 1. The van der Waals surface area contributed by atoms with Gasteiger partial charge in [-0.05, 0) is 25.1 Å². The molecule has 18 heavy (non-hydrogen) atoms. The Hall–Kier alpha value is -0.900. The summed E-state index contributed by atoms with van der Waals surface area (Å²) in [6.07, 6.45) is 0. The van der Waals surface area contributed by atoms with E-state index in [1.165, 1.54) is 6.07 Å². The lowest BCUT2D eigenvalue weighted by Crippen LogP contribution is -2.19. The molecule has 0 fully saturated rings. The third-order valence-corrected chi connectivity index (χ3v) is 2.59. The van der Waals surface area contributed by atoms with Gasteiger partial charge in [0.2, 0.25) is 5.56 Å². The van der Waals surface area contributed by atoms with Crippen LogP contribution in [-0.2, 0) is 9.53 Å². The molecule has 98 valence electrons. The summed E-state index contributed by atoms with van der Waals surface area (Å²) in [6, 6.07) is 4.73. The van der Waals surface area contributed by atoms with Gasteiger partial charge >= 0.3 is 5.97 Å². The van der Waals surface area contributed by atoms with Crippen LogP contribution >= 0.6 is 34.8 Å². The van der Waals surface area contributed by atoms with Gasteiger partial charge in [-0.25, -0.2) is 4.79 Å². The first-order chi connectivity index (χ1) is 8.40. The Morgan fingerprint density at radius 1 is 1.44 bits per heavy atom. The lowest BCUT2D eigenvalue weighted by Gasteiger charge is -2.14. The summed E-state index contributed by atoms with van der Waals surface area (Å²) in [6.45, 7) is 4.89. The van der Waals surface area contributed by atoms with Gasteiger partial charge in [0.15, 0.2) is 0 Å². The van der Waals surface area contributed by atoms with Gasteiger partial charge in [-0.15, -0.1) is 0 Å². The average molecular weight is 310 g/mol. The number of esters is 1. The molecule has 0 radical (unpaired) electrons. The quantitative estimate of drug-likeness (QED) is 0.467. The minimum atomic E-state index is -0.841. The van der Waals surface area contributed by atoms with Crippen LogP contribution < -0.4 is 4.74 Å². The second kappa shape index (κ2) is 6.88. The van der Waals surface area contributed by atoms with E-state index in [-0.39, 0.29) is 6.61 Å². The second-order valence-electron chi connectivity index (χ2n) is 3.48. The Morgan fingerprint density at radius 2 is 2.11 bits per heavy atom. The van der Waals surface area contributed by atoms with E-state index in [4.69, 9.17) is 44.3 Å². The SMILES string of the molecule is C=C(C)C(=O)OCC(Cl)Oc1ccc(Cl)cc1Cl. The molecule has 0 aliphatic heterocycles. The molecule has 3 nitrogen and oxygen atoms in total. The summed E-state index contributed by atoms with van der Waals surface area (Å²) >= 11 is 17.5. The number of ether oxygens (including phenoxy) is 2. The van der Waals surface area contributed by atoms with E-state index < -0.39 is 11.5 Å². The highest BCUT2D eigenvalue weighted by Gasteiger charge is 2.12. The Morgan fingerprint density at radius 3 is 2.67 bits per heavy atom. The first kappa shape index (κ1) is 15.2. The Kier molecular flexibility index (Phi) is 5.79. The summed E-state index contributed by atoms with van der Waals surface area (Å²) in [5.74, 6) is -0.154. The topological polar surface area (TPSA) is 35.5 Å². The van der Waals surface area contributed by atoms with Gasteiger partial charge in [0.05, 0.1) is 5.02 Å². The summed E-state index contributed by atoms with van der Waals surface area (Å²) in [7, 11) is 0. The van der Waals surface area contributed by atoms with Gasteiger partial charge < -0.3 is 9.47 Å². The van der Waals surface area contributed by atoms with Crippen LogP contribution in [0, 0.1) is 0 Å². The van der Waals surface area contributed by atoms with E-state index in [0.29, 0.717) is 21.4 Å². The molecule has 1 rings (SSSR count). The van der Waals surface area contributed by atoms with Crippen molar-refractivity contribution in [2.24, 2.45) is 0 Å². The molecule has 1 aromatic carbocycles. The van der Waals surface area contributed by atoms with Crippen LogP contribution in [0.3, 0.4) is 0 Å². The maximum Gasteiger partial charge on any atom is 0.333 e.